The van der Waals surface area contributed by atoms with Crippen LogP contribution in [0.1, 0.15) is 25.3 Å². The van der Waals surface area contributed by atoms with Crippen molar-refractivity contribution in [3.63, 3.8) is 0 Å². The number of aromatic hydroxyl groups is 1. The normalized spacial score (nSPS) is 21.1. The molecule has 1 unspecified atom stereocenters. The maximum absolute atomic E-state index is 11.2. The van der Waals surface area contributed by atoms with Gasteiger partial charge in [-0.25, -0.2) is 0 Å². The molecule has 0 aliphatic heterocycles. The van der Waals surface area contributed by atoms with E-state index in [9.17, 15) is 9.90 Å². The lowest BCUT2D eigenvalue weighted by Crippen LogP contribution is -2.54. The van der Waals surface area contributed by atoms with Crippen molar-refractivity contribution in [2.24, 2.45) is 5.73 Å². The average molecular weight is 221 g/mol. The Hall–Kier alpha value is -1.55. The standard InChI is InChI=1S/C12H15NO3/c1-11(13,10(15)16)12(5-6-12)8-3-2-4-9(14)7-8/h2-4,7,14H,5-6,13H2,1H3,(H,15,16). The number of benzene rings is 1. The van der Waals surface area contributed by atoms with Crippen LogP contribution in [0.4, 0.5) is 0 Å². The van der Waals surface area contributed by atoms with E-state index < -0.39 is 16.9 Å². The van der Waals surface area contributed by atoms with E-state index in [1.165, 1.54) is 6.92 Å². The zero-order valence-corrected chi connectivity index (χ0v) is 9.10. The third-order valence-electron chi connectivity index (χ3n) is 3.59. The van der Waals surface area contributed by atoms with E-state index >= 15 is 0 Å². The number of aliphatic carboxylic acids is 1. The summed E-state index contributed by atoms with van der Waals surface area (Å²) in [5.41, 5.74) is 4.89. The van der Waals surface area contributed by atoms with Crippen LogP contribution in [0.25, 0.3) is 0 Å². The van der Waals surface area contributed by atoms with Gasteiger partial charge in [0.2, 0.25) is 0 Å². The van der Waals surface area contributed by atoms with Crippen LogP contribution in [0.3, 0.4) is 0 Å². The molecule has 1 atom stereocenters. The van der Waals surface area contributed by atoms with Gasteiger partial charge < -0.3 is 15.9 Å². The first-order valence-electron chi connectivity index (χ1n) is 5.22. The molecule has 0 amide bonds. The number of nitrogens with two attached hydrogens (primary N) is 1. The Morgan fingerprint density at radius 2 is 2.12 bits per heavy atom. The molecule has 16 heavy (non-hydrogen) atoms. The molecular formula is C12H15NO3. The lowest BCUT2D eigenvalue weighted by atomic mass is 9.78. The van der Waals surface area contributed by atoms with Gasteiger partial charge in [0.1, 0.15) is 11.3 Å². The fourth-order valence-electron chi connectivity index (χ4n) is 2.24. The summed E-state index contributed by atoms with van der Waals surface area (Å²) in [6.45, 7) is 1.53. The van der Waals surface area contributed by atoms with Gasteiger partial charge in [0.05, 0.1) is 0 Å². The van der Waals surface area contributed by atoms with E-state index in [0.29, 0.717) is 0 Å². The molecule has 4 N–H and O–H groups in total. The summed E-state index contributed by atoms with van der Waals surface area (Å²) < 4.78 is 0. The molecule has 0 saturated heterocycles. The molecule has 0 radical (unpaired) electrons. The van der Waals surface area contributed by atoms with Gasteiger partial charge in [-0.1, -0.05) is 12.1 Å². The maximum atomic E-state index is 11.2. The van der Waals surface area contributed by atoms with Crippen LogP contribution in [0, 0.1) is 0 Å². The molecule has 0 aromatic heterocycles. The van der Waals surface area contributed by atoms with E-state index in [1.807, 2.05) is 6.07 Å². The van der Waals surface area contributed by atoms with Crippen molar-refractivity contribution >= 4 is 5.97 Å². The summed E-state index contributed by atoms with van der Waals surface area (Å²) in [7, 11) is 0. The highest BCUT2D eigenvalue weighted by molar-refractivity contribution is 5.82. The highest BCUT2D eigenvalue weighted by atomic mass is 16.4. The number of carbonyl (C=O) groups is 1. The van der Waals surface area contributed by atoms with Crippen molar-refractivity contribution in [1.82, 2.24) is 0 Å². The molecule has 0 spiro atoms. The molecular weight excluding hydrogens is 206 g/mol. The first-order valence-corrected chi connectivity index (χ1v) is 5.22. The van der Waals surface area contributed by atoms with Gasteiger partial charge in [0, 0.05) is 5.41 Å². The highest BCUT2D eigenvalue weighted by Crippen LogP contribution is 2.55. The Labute approximate surface area is 93.7 Å². The number of carboxylic acids is 1. The quantitative estimate of drug-likeness (QED) is 0.716. The number of hydrogen-bond donors (Lipinski definition) is 3. The number of hydrogen-bond acceptors (Lipinski definition) is 3. The fourth-order valence-corrected chi connectivity index (χ4v) is 2.24. The van der Waals surface area contributed by atoms with E-state index in [-0.39, 0.29) is 5.75 Å². The number of carboxylic acid groups (broad SMARTS) is 1. The Kier molecular flexibility index (Phi) is 2.20. The lowest BCUT2D eigenvalue weighted by molar-refractivity contribution is -0.144. The van der Waals surface area contributed by atoms with Crippen molar-refractivity contribution in [2.75, 3.05) is 0 Å². The Morgan fingerprint density at radius 3 is 2.56 bits per heavy atom. The van der Waals surface area contributed by atoms with Gasteiger partial charge in [0.25, 0.3) is 0 Å². The van der Waals surface area contributed by atoms with Crippen molar-refractivity contribution in [2.45, 2.75) is 30.7 Å². The molecule has 0 bridgehead atoms. The van der Waals surface area contributed by atoms with Gasteiger partial charge in [0.15, 0.2) is 0 Å². The lowest BCUT2D eigenvalue weighted by Gasteiger charge is -2.30. The molecule has 1 fully saturated rings. The Bertz CT molecular complexity index is 436. The Balaban J connectivity index is 2.44. The van der Waals surface area contributed by atoms with E-state index in [0.717, 1.165) is 18.4 Å². The predicted molar refractivity (Wildman–Crippen MR) is 59.2 cm³/mol. The summed E-state index contributed by atoms with van der Waals surface area (Å²) >= 11 is 0. The average Bonchev–Trinajstić information content (AvgIpc) is 2.98. The monoisotopic (exact) mass is 221 g/mol. The second kappa shape index (κ2) is 3.22. The summed E-state index contributed by atoms with van der Waals surface area (Å²) in [4.78, 5) is 11.2. The summed E-state index contributed by atoms with van der Waals surface area (Å²) in [6.07, 6.45) is 1.49. The van der Waals surface area contributed by atoms with Gasteiger partial charge in [-0.15, -0.1) is 0 Å². The van der Waals surface area contributed by atoms with Crippen molar-refractivity contribution in [3.8, 4) is 5.75 Å². The van der Waals surface area contributed by atoms with Crippen LogP contribution in [0.2, 0.25) is 0 Å². The van der Waals surface area contributed by atoms with Crippen molar-refractivity contribution in [1.29, 1.82) is 0 Å². The molecule has 1 saturated carbocycles. The van der Waals surface area contributed by atoms with Crippen LogP contribution in [0.5, 0.6) is 5.75 Å². The van der Waals surface area contributed by atoms with Gasteiger partial charge in [-0.3, -0.25) is 4.79 Å². The maximum Gasteiger partial charge on any atom is 0.324 e. The minimum atomic E-state index is -1.29. The van der Waals surface area contributed by atoms with Crippen LogP contribution >= 0.6 is 0 Å². The third kappa shape index (κ3) is 1.38. The molecule has 1 aliphatic rings. The van der Waals surface area contributed by atoms with Crippen molar-refractivity contribution in [3.05, 3.63) is 29.8 Å². The minimum absolute atomic E-state index is 0.143. The van der Waals surface area contributed by atoms with E-state index in [4.69, 9.17) is 10.8 Å². The zero-order valence-electron chi connectivity index (χ0n) is 9.10. The molecule has 86 valence electrons. The fraction of sp³-hybridized carbons (Fsp3) is 0.417. The molecule has 2 rings (SSSR count). The molecule has 1 aliphatic carbocycles. The molecule has 1 aromatic rings. The summed E-state index contributed by atoms with van der Waals surface area (Å²) in [5.74, 6) is -0.863. The molecule has 0 heterocycles. The molecule has 4 nitrogen and oxygen atoms in total. The smallest absolute Gasteiger partial charge is 0.324 e. The summed E-state index contributed by atoms with van der Waals surface area (Å²) in [5, 5.41) is 18.6. The zero-order chi connectivity index (χ0) is 12.0. The third-order valence-corrected chi connectivity index (χ3v) is 3.59. The number of phenolic OH excluding ortho intramolecular Hbond substituents is 1. The van der Waals surface area contributed by atoms with Gasteiger partial charge in [-0.2, -0.15) is 0 Å². The number of rotatable bonds is 3. The molecule has 4 heteroatoms. The second-order valence-electron chi connectivity index (χ2n) is 4.64. The van der Waals surface area contributed by atoms with Gasteiger partial charge >= 0.3 is 5.97 Å². The van der Waals surface area contributed by atoms with Crippen LogP contribution < -0.4 is 5.73 Å². The topological polar surface area (TPSA) is 83.6 Å². The predicted octanol–water partition coefficient (Wildman–Crippen LogP) is 1.23. The van der Waals surface area contributed by atoms with Gasteiger partial charge in [-0.05, 0) is 37.5 Å². The van der Waals surface area contributed by atoms with Crippen LogP contribution in [-0.4, -0.2) is 21.7 Å². The van der Waals surface area contributed by atoms with E-state index in [2.05, 4.69) is 0 Å². The molecule has 1 aromatic carbocycles. The SMILES string of the molecule is CC(N)(C(=O)O)C1(c2cccc(O)c2)CC1. The first-order chi connectivity index (χ1) is 7.40. The minimum Gasteiger partial charge on any atom is -0.508 e. The second-order valence-corrected chi connectivity index (χ2v) is 4.64. The summed E-state index contributed by atoms with van der Waals surface area (Å²) in [6, 6.07) is 6.69. The Morgan fingerprint density at radius 1 is 1.50 bits per heavy atom. The largest absolute Gasteiger partial charge is 0.508 e. The van der Waals surface area contributed by atoms with Crippen LogP contribution in [0.15, 0.2) is 24.3 Å². The highest BCUT2D eigenvalue weighted by Gasteiger charge is 2.60. The first kappa shape index (κ1) is 11.0. The van der Waals surface area contributed by atoms with Crippen LogP contribution in [-0.2, 0) is 10.2 Å². The van der Waals surface area contributed by atoms with E-state index in [1.54, 1.807) is 18.2 Å². The van der Waals surface area contributed by atoms with Crippen molar-refractivity contribution < 1.29 is 15.0 Å². The number of phenols is 1.